The first-order valence-corrected chi connectivity index (χ1v) is 9.68. The molecule has 1 atom stereocenters. The van der Waals surface area contributed by atoms with Crippen molar-refractivity contribution in [1.82, 2.24) is 9.80 Å². The van der Waals surface area contributed by atoms with Crippen LogP contribution < -0.4 is 0 Å². The molecule has 2 rings (SSSR count). The quantitative estimate of drug-likeness (QED) is 0.501. The van der Waals surface area contributed by atoms with Crippen LogP contribution in [0, 0.1) is 12.8 Å². The molecule has 1 aliphatic heterocycles. The number of benzene rings is 1. The average molecular weight is 360 g/mol. The van der Waals surface area contributed by atoms with Crippen molar-refractivity contribution in [1.29, 1.82) is 0 Å². The lowest BCUT2D eigenvalue weighted by Crippen LogP contribution is -2.38. The van der Waals surface area contributed by atoms with E-state index in [2.05, 4.69) is 4.90 Å². The molecule has 1 fully saturated rings. The third-order valence-corrected chi connectivity index (χ3v) is 5.11. The van der Waals surface area contributed by atoms with Crippen LogP contribution in [0.5, 0.6) is 0 Å². The summed E-state index contributed by atoms with van der Waals surface area (Å²) in [5, 5.41) is 0. The molecule has 0 spiro atoms. The molecule has 1 aliphatic rings. The Morgan fingerprint density at radius 2 is 1.88 bits per heavy atom. The number of ether oxygens (including phenoxy) is 1. The van der Waals surface area contributed by atoms with Gasteiger partial charge in [0.1, 0.15) is 0 Å². The Bertz CT molecular complexity index is 597. The van der Waals surface area contributed by atoms with Crippen molar-refractivity contribution >= 4 is 11.9 Å². The minimum absolute atomic E-state index is 0.0000237. The Morgan fingerprint density at radius 3 is 2.54 bits per heavy atom. The van der Waals surface area contributed by atoms with E-state index in [1.54, 1.807) is 0 Å². The van der Waals surface area contributed by atoms with Crippen molar-refractivity contribution in [3.8, 4) is 0 Å². The second-order valence-electron chi connectivity index (χ2n) is 7.25. The smallest absolute Gasteiger partial charge is 0.310 e. The van der Waals surface area contributed by atoms with E-state index in [4.69, 9.17) is 4.74 Å². The van der Waals surface area contributed by atoms with Crippen molar-refractivity contribution in [2.45, 2.75) is 39.5 Å². The van der Waals surface area contributed by atoms with E-state index in [-0.39, 0.29) is 17.8 Å². The molecular weight excluding hydrogens is 328 g/mol. The van der Waals surface area contributed by atoms with E-state index in [0.717, 1.165) is 24.9 Å². The number of hydrogen-bond donors (Lipinski definition) is 0. The van der Waals surface area contributed by atoms with E-state index < -0.39 is 0 Å². The topological polar surface area (TPSA) is 49.9 Å². The third-order valence-electron chi connectivity index (χ3n) is 5.11. The van der Waals surface area contributed by atoms with Gasteiger partial charge in [-0.1, -0.05) is 25.1 Å². The van der Waals surface area contributed by atoms with Gasteiger partial charge in [-0.25, -0.2) is 0 Å². The molecule has 0 saturated carbocycles. The standard InChI is InChI=1S/C21H32N2O3/c1-17-10-4-5-11-19(17)20(24)23(16-18(2)21(25)26-3)15-9-8-14-22-12-6-7-13-22/h4-5,10-11,18H,6-9,12-16H2,1-3H3. The maximum atomic E-state index is 13.0. The molecule has 26 heavy (non-hydrogen) atoms. The predicted molar refractivity (Wildman–Crippen MR) is 103 cm³/mol. The number of nitrogens with zero attached hydrogens (tertiary/aromatic N) is 2. The van der Waals surface area contributed by atoms with Crippen molar-refractivity contribution in [2.75, 3.05) is 39.8 Å². The number of hydrogen-bond acceptors (Lipinski definition) is 4. The van der Waals surface area contributed by atoms with E-state index in [9.17, 15) is 9.59 Å². The van der Waals surface area contributed by atoms with Crippen LogP contribution in [0.15, 0.2) is 24.3 Å². The van der Waals surface area contributed by atoms with Gasteiger partial charge in [0.25, 0.3) is 5.91 Å². The number of amides is 1. The van der Waals surface area contributed by atoms with Gasteiger partial charge < -0.3 is 14.5 Å². The lowest BCUT2D eigenvalue weighted by Gasteiger charge is -2.26. The van der Waals surface area contributed by atoms with Gasteiger partial charge in [0.15, 0.2) is 0 Å². The Kier molecular flexibility index (Phi) is 8.10. The Morgan fingerprint density at radius 1 is 1.19 bits per heavy atom. The molecule has 1 amide bonds. The number of likely N-dealkylation sites (tertiary alicyclic amines) is 1. The van der Waals surface area contributed by atoms with Gasteiger partial charge in [-0.15, -0.1) is 0 Å². The zero-order chi connectivity index (χ0) is 18.9. The van der Waals surface area contributed by atoms with Crippen LogP contribution in [0.1, 0.15) is 48.5 Å². The summed E-state index contributed by atoms with van der Waals surface area (Å²) in [5.41, 5.74) is 1.68. The SMILES string of the molecule is COC(=O)C(C)CN(CCCCN1CCCC1)C(=O)c1ccccc1C. The van der Waals surface area contributed by atoms with Gasteiger partial charge in [0, 0.05) is 18.7 Å². The highest BCUT2D eigenvalue weighted by Crippen LogP contribution is 2.14. The maximum absolute atomic E-state index is 13.0. The van der Waals surface area contributed by atoms with Crippen molar-refractivity contribution < 1.29 is 14.3 Å². The van der Waals surface area contributed by atoms with Gasteiger partial charge in [0.05, 0.1) is 13.0 Å². The van der Waals surface area contributed by atoms with Crippen LogP contribution in [0.2, 0.25) is 0 Å². The monoisotopic (exact) mass is 360 g/mol. The van der Waals surface area contributed by atoms with Gasteiger partial charge in [-0.2, -0.15) is 0 Å². The zero-order valence-electron chi connectivity index (χ0n) is 16.4. The van der Waals surface area contributed by atoms with Crippen molar-refractivity contribution in [3.05, 3.63) is 35.4 Å². The van der Waals surface area contributed by atoms with E-state index >= 15 is 0 Å². The molecule has 0 aliphatic carbocycles. The van der Waals surface area contributed by atoms with Gasteiger partial charge in [-0.3, -0.25) is 9.59 Å². The van der Waals surface area contributed by atoms with E-state index in [1.165, 1.54) is 33.0 Å². The van der Waals surface area contributed by atoms with Crippen LogP contribution in [0.25, 0.3) is 0 Å². The molecule has 0 aromatic heterocycles. The number of carbonyl (C=O) groups is 2. The first kappa shape index (κ1) is 20.4. The highest BCUT2D eigenvalue weighted by atomic mass is 16.5. The number of unbranched alkanes of at least 4 members (excludes halogenated alkanes) is 1. The summed E-state index contributed by atoms with van der Waals surface area (Å²) >= 11 is 0. The second-order valence-corrected chi connectivity index (χ2v) is 7.25. The first-order valence-electron chi connectivity index (χ1n) is 9.68. The molecule has 1 heterocycles. The van der Waals surface area contributed by atoms with Crippen LogP contribution in [-0.2, 0) is 9.53 Å². The van der Waals surface area contributed by atoms with E-state index in [0.29, 0.717) is 18.7 Å². The summed E-state index contributed by atoms with van der Waals surface area (Å²) in [6, 6.07) is 7.62. The predicted octanol–water partition coefficient (Wildman–Crippen LogP) is 3.12. The fraction of sp³-hybridized carbons (Fsp3) is 0.619. The first-order chi connectivity index (χ1) is 12.5. The zero-order valence-corrected chi connectivity index (χ0v) is 16.4. The maximum Gasteiger partial charge on any atom is 0.310 e. The third kappa shape index (κ3) is 5.84. The fourth-order valence-corrected chi connectivity index (χ4v) is 3.51. The second kappa shape index (κ2) is 10.3. The normalized spacial score (nSPS) is 15.7. The highest BCUT2D eigenvalue weighted by Gasteiger charge is 2.23. The average Bonchev–Trinajstić information content (AvgIpc) is 3.16. The minimum atomic E-state index is -0.327. The number of esters is 1. The van der Waals surface area contributed by atoms with Crippen LogP contribution in [-0.4, -0.2) is 61.5 Å². The van der Waals surface area contributed by atoms with Crippen LogP contribution in [0.3, 0.4) is 0 Å². The summed E-state index contributed by atoms with van der Waals surface area (Å²) in [7, 11) is 1.39. The van der Waals surface area contributed by atoms with Crippen molar-refractivity contribution in [2.24, 2.45) is 5.92 Å². The Labute approximate surface area is 157 Å². The lowest BCUT2D eigenvalue weighted by molar-refractivity contribution is -0.145. The molecule has 1 saturated heterocycles. The lowest BCUT2D eigenvalue weighted by atomic mass is 10.1. The van der Waals surface area contributed by atoms with Crippen LogP contribution >= 0.6 is 0 Å². The molecule has 0 N–H and O–H groups in total. The minimum Gasteiger partial charge on any atom is -0.469 e. The molecule has 0 radical (unpaired) electrons. The molecule has 1 unspecified atom stereocenters. The number of aryl methyl sites for hydroxylation is 1. The highest BCUT2D eigenvalue weighted by molar-refractivity contribution is 5.95. The molecular formula is C21H32N2O3. The number of carbonyl (C=O) groups excluding carboxylic acids is 2. The Balaban J connectivity index is 1.97. The number of methoxy groups -OCH3 is 1. The summed E-state index contributed by atoms with van der Waals surface area (Å²) in [4.78, 5) is 29.1. The summed E-state index contributed by atoms with van der Waals surface area (Å²) < 4.78 is 4.83. The van der Waals surface area contributed by atoms with E-state index in [1.807, 2.05) is 43.0 Å². The molecule has 5 heteroatoms. The largest absolute Gasteiger partial charge is 0.469 e. The summed E-state index contributed by atoms with van der Waals surface area (Å²) in [6.07, 6.45) is 4.62. The van der Waals surface area contributed by atoms with Gasteiger partial charge >= 0.3 is 5.97 Å². The van der Waals surface area contributed by atoms with Gasteiger partial charge in [-0.05, 0) is 63.9 Å². The van der Waals surface area contributed by atoms with Crippen LogP contribution in [0.4, 0.5) is 0 Å². The summed E-state index contributed by atoms with van der Waals surface area (Å²) in [6.45, 7) is 8.32. The molecule has 1 aromatic rings. The Hall–Kier alpha value is -1.88. The fourth-order valence-electron chi connectivity index (χ4n) is 3.51. The van der Waals surface area contributed by atoms with Gasteiger partial charge in [0.2, 0.25) is 0 Å². The molecule has 144 valence electrons. The molecule has 1 aromatic carbocycles. The van der Waals surface area contributed by atoms with Crippen molar-refractivity contribution in [3.63, 3.8) is 0 Å². The summed E-state index contributed by atoms with van der Waals surface area (Å²) in [5.74, 6) is -0.601. The molecule has 5 nitrogen and oxygen atoms in total. The number of rotatable bonds is 9. The molecule has 0 bridgehead atoms.